The van der Waals surface area contributed by atoms with Crippen LogP contribution in [0.1, 0.15) is 15.9 Å². The molecule has 0 saturated heterocycles. The van der Waals surface area contributed by atoms with Crippen LogP contribution in [-0.4, -0.2) is 16.1 Å². The van der Waals surface area contributed by atoms with Gasteiger partial charge in [0.15, 0.2) is 0 Å². The number of amides is 1. The van der Waals surface area contributed by atoms with E-state index in [2.05, 4.69) is 15.5 Å². The Bertz CT molecular complexity index is 544. The number of benzene rings is 1. The molecule has 0 aliphatic heterocycles. The van der Waals surface area contributed by atoms with Crippen LogP contribution >= 0.6 is 11.6 Å². The van der Waals surface area contributed by atoms with Gasteiger partial charge in [0.05, 0.1) is 16.8 Å². The molecule has 5 nitrogen and oxygen atoms in total. The number of nitrogens with two attached hydrogens (primary N) is 1. The highest BCUT2D eigenvalue weighted by molar-refractivity contribution is 6.35. The molecule has 0 aliphatic rings. The van der Waals surface area contributed by atoms with E-state index in [4.69, 9.17) is 17.3 Å². The van der Waals surface area contributed by atoms with Crippen LogP contribution in [0, 0.1) is 6.92 Å². The topological polar surface area (TPSA) is 83.8 Å². The van der Waals surface area contributed by atoms with E-state index < -0.39 is 0 Å². The molecule has 2 rings (SSSR count). The molecule has 0 spiro atoms. The van der Waals surface area contributed by atoms with Crippen molar-refractivity contribution in [2.24, 2.45) is 0 Å². The highest BCUT2D eigenvalue weighted by Gasteiger charge is 2.15. The monoisotopic (exact) mass is 250 g/mol. The van der Waals surface area contributed by atoms with Crippen molar-refractivity contribution in [1.82, 2.24) is 10.2 Å². The maximum atomic E-state index is 12.0. The molecule has 0 bridgehead atoms. The van der Waals surface area contributed by atoms with Crippen LogP contribution in [0.25, 0.3) is 0 Å². The number of hydrogen-bond donors (Lipinski definition) is 3. The lowest BCUT2D eigenvalue weighted by Crippen LogP contribution is -2.15. The maximum absolute atomic E-state index is 12.0. The summed E-state index contributed by atoms with van der Waals surface area (Å²) < 4.78 is 0. The quantitative estimate of drug-likeness (QED) is 0.715. The summed E-state index contributed by atoms with van der Waals surface area (Å²) in [5.41, 5.74) is 7.16. The zero-order valence-corrected chi connectivity index (χ0v) is 9.88. The summed E-state index contributed by atoms with van der Waals surface area (Å²) in [5, 5.41) is 9.47. The number of nitrogen functional groups attached to an aromatic ring is 1. The Kier molecular flexibility index (Phi) is 3.01. The molecule has 1 aromatic carbocycles. The molecule has 1 amide bonds. The van der Waals surface area contributed by atoms with Gasteiger partial charge >= 0.3 is 0 Å². The smallest absolute Gasteiger partial charge is 0.260 e. The Morgan fingerprint density at radius 1 is 1.53 bits per heavy atom. The summed E-state index contributed by atoms with van der Waals surface area (Å²) in [6, 6.07) is 4.93. The van der Waals surface area contributed by atoms with Crippen LogP contribution in [0.15, 0.2) is 24.4 Å². The lowest BCUT2D eigenvalue weighted by molar-refractivity contribution is 0.102. The molecule has 0 unspecified atom stereocenters. The van der Waals surface area contributed by atoms with Crippen LogP contribution < -0.4 is 11.1 Å². The van der Waals surface area contributed by atoms with Crippen LogP contribution in [0.5, 0.6) is 0 Å². The molecule has 0 atom stereocenters. The lowest BCUT2D eigenvalue weighted by Gasteiger charge is -2.08. The Morgan fingerprint density at radius 3 is 2.88 bits per heavy atom. The first-order valence-corrected chi connectivity index (χ1v) is 5.32. The van der Waals surface area contributed by atoms with Crippen molar-refractivity contribution in [2.45, 2.75) is 6.92 Å². The third-order valence-corrected chi connectivity index (χ3v) is 2.66. The van der Waals surface area contributed by atoms with E-state index in [1.54, 1.807) is 24.4 Å². The third kappa shape index (κ3) is 2.24. The Morgan fingerprint density at radius 2 is 2.29 bits per heavy atom. The van der Waals surface area contributed by atoms with E-state index in [1.807, 2.05) is 6.92 Å². The number of rotatable bonds is 2. The highest BCUT2D eigenvalue weighted by atomic mass is 35.5. The van der Waals surface area contributed by atoms with Gasteiger partial charge in [0.25, 0.3) is 5.91 Å². The first-order chi connectivity index (χ1) is 8.09. The van der Waals surface area contributed by atoms with Gasteiger partial charge in [0, 0.05) is 11.3 Å². The number of nitrogens with one attached hydrogen (secondary N) is 2. The van der Waals surface area contributed by atoms with Crippen molar-refractivity contribution >= 4 is 29.0 Å². The molecule has 0 saturated carbocycles. The predicted molar refractivity (Wildman–Crippen MR) is 67.1 cm³/mol. The molecule has 1 heterocycles. The van der Waals surface area contributed by atoms with Gasteiger partial charge in [-0.15, -0.1) is 0 Å². The van der Waals surface area contributed by atoms with E-state index in [-0.39, 0.29) is 11.5 Å². The molecule has 17 heavy (non-hydrogen) atoms. The van der Waals surface area contributed by atoms with E-state index in [0.29, 0.717) is 16.5 Å². The molecule has 4 N–H and O–H groups in total. The minimum Gasteiger partial charge on any atom is -0.398 e. The molecule has 0 radical (unpaired) electrons. The van der Waals surface area contributed by atoms with Gasteiger partial charge in [-0.1, -0.05) is 17.7 Å². The van der Waals surface area contributed by atoms with Crippen LogP contribution in [-0.2, 0) is 0 Å². The number of aromatic amines is 1. The second-order valence-electron chi connectivity index (χ2n) is 3.59. The Balaban J connectivity index is 2.30. The molecular weight excluding hydrogens is 240 g/mol. The second-order valence-corrected chi connectivity index (χ2v) is 3.99. The number of anilines is 2. The van der Waals surface area contributed by atoms with E-state index >= 15 is 0 Å². The molecular formula is C11H11ClN4O. The van der Waals surface area contributed by atoms with Gasteiger partial charge < -0.3 is 11.1 Å². The van der Waals surface area contributed by atoms with Gasteiger partial charge in [-0.2, -0.15) is 5.10 Å². The van der Waals surface area contributed by atoms with Crippen molar-refractivity contribution in [3.05, 3.63) is 40.5 Å². The van der Waals surface area contributed by atoms with Gasteiger partial charge in [-0.25, -0.2) is 0 Å². The van der Waals surface area contributed by atoms with Crippen LogP contribution in [0.4, 0.5) is 11.5 Å². The molecule has 88 valence electrons. The van der Waals surface area contributed by atoms with Crippen molar-refractivity contribution in [3.63, 3.8) is 0 Å². The van der Waals surface area contributed by atoms with Crippen molar-refractivity contribution in [3.8, 4) is 0 Å². The Hall–Kier alpha value is -2.01. The van der Waals surface area contributed by atoms with Crippen molar-refractivity contribution in [1.29, 1.82) is 0 Å². The average molecular weight is 251 g/mol. The fraction of sp³-hybridized carbons (Fsp3) is 0.0909. The standard InChI is InChI=1S/C11H11ClN4O/c1-6-5-14-16-10(6)15-11(17)9-7(12)3-2-4-8(9)13/h2-5H,13H2,1H3,(H2,14,15,16,17). The van der Waals surface area contributed by atoms with E-state index in [1.165, 1.54) is 0 Å². The maximum Gasteiger partial charge on any atom is 0.260 e. The van der Waals surface area contributed by atoms with Crippen molar-refractivity contribution in [2.75, 3.05) is 11.1 Å². The number of nitrogens with zero attached hydrogens (tertiary/aromatic N) is 1. The zero-order valence-electron chi connectivity index (χ0n) is 9.12. The van der Waals surface area contributed by atoms with Gasteiger partial charge in [0.2, 0.25) is 0 Å². The molecule has 1 aromatic heterocycles. The second kappa shape index (κ2) is 4.47. The third-order valence-electron chi connectivity index (χ3n) is 2.34. The van der Waals surface area contributed by atoms with E-state index in [0.717, 1.165) is 5.56 Å². The lowest BCUT2D eigenvalue weighted by atomic mass is 10.1. The van der Waals surface area contributed by atoms with Gasteiger partial charge in [-0.3, -0.25) is 9.89 Å². The summed E-state index contributed by atoms with van der Waals surface area (Å²) in [4.78, 5) is 12.0. The fourth-order valence-corrected chi connectivity index (χ4v) is 1.70. The number of halogens is 1. The van der Waals surface area contributed by atoms with Crippen LogP contribution in [0.3, 0.4) is 0 Å². The molecule has 2 aromatic rings. The number of carbonyl (C=O) groups excluding carboxylic acids is 1. The Labute approximate surface area is 103 Å². The minimum atomic E-state index is -0.361. The summed E-state index contributed by atoms with van der Waals surface area (Å²) in [6.07, 6.45) is 1.62. The summed E-state index contributed by atoms with van der Waals surface area (Å²) in [7, 11) is 0. The summed E-state index contributed by atoms with van der Waals surface area (Å²) in [5.74, 6) is 0.176. The molecule has 0 fully saturated rings. The van der Waals surface area contributed by atoms with E-state index in [9.17, 15) is 4.79 Å². The largest absolute Gasteiger partial charge is 0.398 e. The highest BCUT2D eigenvalue weighted by Crippen LogP contribution is 2.23. The minimum absolute atomic E-state index is 0.267. The molecule has 0 aliphatic carbocycles. The number of hydrogen-bond acceptors (Lipinski definition) is 3. The number of aryl methyl sites for hydroxylation is 1. The normalized spacial score (nSPS) is 10.2. The number of aromatic nitrogens is 2. The first-order valence-electron chi connectivity index (χ1n) is 4.95. The number of H-pyrrole nitrogens is 1. The first kappa shape index (κ1) is 11.5. The van der Waals surface area contributed by atoms with Gasteiger partial charge in [0.1, 0.15) is 5.82 Å². The predicted octanol–water partition coefficient (Wildman–Crippen LogP) is 2.21. The SMILES string of the molecule is Cc1cn[nH]c1NC(=O)c1c(N)cccc1Cl. The zero-order chi connectivity index (χ0) is 12.4. The average Bonchev–Trinajstić information content (AvgIpc) is 2.64. The summed E-state index contributed by atoms with van der Waals surface area (Å²) in [6.45, 7) is 1.83. The fourth-order valence-electron chi connectivity index (χ4n) is 1.43. The molecule has 6 heteroatoms. The number of carbonyl (C=O) groups is 1. The van der Waals surface area contributed by atoms with Crippen LogP contribution in [0.2, 0.25) is 5.02 Å². The van der Waals surface area contributed by atoms with Gasteiger partial charge in [-0.05, 0) is 19.1 Å². The summed E-state index contributed by atoms with van der Waals surface area (Å²) >= 11 is 5.94. The van der Waals surface area contributed by atoms with Crippen molar-refractivity contribution < 1.29 is 4.79 Å².